The monoisotopic (exact) mass is 368 g/mol. The van der Waals surface area contributed by atoms with Gasteiger partial charge in [0.15, 0.2) is 0 Å². The van der Waals surface area contributed by atoms with Gasteiger partial charge in [-0.3, -0.25) is 9.59 Å². The van der Waals surface area contributed by atoms with Crippen molar-refractivity contribution in [2.24, 2.45) is 0 Å². The molecule has 0 spiro atoms. The molecule has 0 saturated carbocycles. The van der Waals surface area contributed by atoms with E-state index in [-0.39, 0.29) is 11.8 Å². The molecule has 0 unspecified atom stereocenters. The number of carbonyl (C=O) groups is 2. The lowest BCUT2D eigenvalue weighted by Gasteiger charge is -2.25. The summed E-state index contributed by atoms with van der Waals surface area (Å²) in [6.45, 7) is 7.65. The van der Waals surface area contributed by atoms with E-state index >= 15 is 0 Å². The molecule has 1 aromatic rings. The van der Waals surface area contributed by atoms with Crippen molar-refractivity contribution in [1.29, 1.82) is 0 Å². The van der Waals surface area contributed by atoms with Crippen LogP contribution in [0.1, 0.15) is 40.0 Å². The standard InChI is InChI=1S/C17H25BrN2O2/c1-4-11-19(12-5-2)17(22)10-13-20(14(3)21)16-8-6-15(18)7-9-16/h6-9H,4-5,10-13H2,1-3H3. The van der Waals surface area contributed by atoms with Crippen LogP contribution in [0.4, 0.5) is 5.69 Å². The van der Waals surface area contributed by atoms with E-state index in [1.807, 2.05) is 29.2 Å². The molecular formula is C17H25BrN2O2. The zero-order valence-electron chi connectivity index (χ0n) is 13.6. The maximum absolute atomic E-state index is 12.3. The number of hydrogen-bond acceptors (Lipinski definition) is 2. The molecule has 2 amide bonds. The number of benzene rings is 1. The Morgan fingerprint density at radius 2 is 1.55 bits per heavy atom. The second-order valence-electron chi connectivity index (χ2n) is 5.28. The van der Waals surface area contributed by atoms with Gasteiger partial charge in [0.25, 0.3) is 0 Å². The number of amides is 2. The van der Waals surface area contributed by atoms with Crippen molar-refractivity contribution in [2.75, 3.05) is 24.5 Å². The SMILES string of the molecule is CCCN(CCC)C(=O)CCN(C(C)=O)c1ccc(Br)cc1. The number of carbonyl (C=O) groups excluding carboxylic acids is 2. The molecule has 0 bridgehead atoms. The van der Waals surface area contributed by atoms with E-state index in [1.54, 1.807) is 4.90 Å². The molecule has 0 aliphatic heterocycles. The Kier molecular flexibility index (Phi) is 8.17. The Morgan fingerprint density at radius 3 is 2.00 bits per heavy atom. The molecule has 0 fully saturated rings. The third-order valence-corrected chi connectivity index (χ3v) is 3.94. The Hall–Kier alpha value is -1.36. The van der Waals surface area contributed by atoms with Crippen molar-refractivity contribution in [2.45, 2.75) is 40.0 Å². The van der Waals surface area contributed by atoms with Gasteiger partial charge in [-0.05, 0) is 37.1 Å². The fourth-order valence-electron chi connectivity index (χ4n) is 2.36. The van der Waals surface area contributed by atoms with Gasteiger partial charge in [0, 0.05) is 43.1 Å². The molecule has 5 heteroatoms. The van der Waals surface area contributed by atoms with E-state index in [0.717, 1.165) is 36.1 Å². The average Bonchev–Trinajstić information content (AvgIpc) is 2.48. The van der Waals surface area contributed by atoms with Crippen molar-refractivity contribution < 1.29 is 9.59 Å². The van der Waals surface area contributed by atoms with E-state index in [0.29, 0.717) is 13.0 Å². The van der Waals surface area contributed by atoms with Crippen molar-refractivity contribution in [1.82, 2.24) is 4.90 Å². The quantitative estimate of drug-likeness (QED) is 0.699. The zero-order valence-corrected chi connectivity index (χ0v) is 15.2. The fourth-order valence-corrected chi connectivity index (χ4v) is 2.62. The summed E-state index contributed by atoms with van der Waals surface area (Å²) < 4.78 is 0.966. The summed E-state index contributed by atoms with van der Waals surface area (Å²) in [6, 6.07) is 7.55. The van der Waals surface area contributed by atoms with Crippen LogP contribution in [0.25, 0.3) is 0 Å². The second-order valence-corrected chi connectivity index (χ2v) is 6.19. The predicted molar refractivity (Wildman–Crippen MR) is 93.9 cm³/mol. The molecule has 1 rings (SSSR count). The van der Waals surface area contributed by atoms with Crippen LogP contribution in [0.2, 0.25) is 0 Å². The van der Waals surface area contributed by atoms with E-state index in [1.165, 1.54) is 6.92 Å². The highest BCUT2D eigenvalue weighted by atomic mass is 79.9. The van der Waals surface area contributed by atoms with Crippen LogP contribution < -0.4 is 4.90 Å². The largest absolute Gasteiger partial charge is 0.343 e. The molecule has 0 heterocycles. The summed E-state index contributed by atoms with van der Waals surface area (Å²) in [7, 11) is 0. The highest BCUT2D eigenvalue weighted by Gasteiger charge is 2.16. The highest BCUT2D eigenvalue weighted by molar-refractivity contribution is 9.10. The van der Waals surface area contributed by atoms with E-state index in [4.69, 9.17) is 0 Å². The first kappa shape index (κ1) is 18.7. The molecule has 22 heavy (non-hydrogen) atoms. The van der Waals surface area contributed by atoms with Crippen molar-refractivity contribution >= 4 is 33.4 Å². The fraction of sp³-hybridized carbons (Fsp3) is 0.529. The maximum atomic E-state index is 12.3. The van der Waals surface area contributed by atoms with Crippen molar-refractivity contribution in [3.8, 4) is 0 Å². The van der Waals surface area contributed by atoms with Crippen molar-refractivity contribution in [3.05, 3.63) is 28.7 Å². The van der Waals surface area contributed by atoms with Gasteiger partial charge in [0.1, 0.15) is 0 Å². The summed E-state index contributed by atoms with van der Waals surface area (Å²) in [5.41, 5.74) is 0.820. The summed E-state index contributed by atoms with van der Waals surface area (Å²) in [6.07, 6.45) is 2.26. The Bertz CT molecular complexity index is 482. The van der Waals surface area contributed by atoms with Crippen LogP contribution in [0.5, 0.6) is 0 Å². The molecule has 0 saturated heterocycles. The lowest BCUT2D eigenvalue weighted by Crippen LogP contribution is -2.37. The minimum Gasteiger partial charge on any atom is -0.343 e. The van der Waals surface area contributed by atoms with Gasteiger partial charge in [-0.1, -0.05) is 29.8 Å². The lowest BCUT2D eigenvalue weighted by atomic mass is 10.2. The Labute approximate surface area is 141 Å². The predicted octanol–water partition coefficient (Wildman–Crippen LogP) is 3.84. The third kappa shape index (κ3) is 5.79. The number of hydrogen-bond donors (Lipinski definition) is 0. The smallest absolute Gasteiger partial charge is 0.224 e. The van der Waals surface area contributed by atoms with Gasteiger partial charge in [0.2, 0.25) is 11.8 Å². The van der Waals surface area contributed by atoms with Gasteiger partial charge >= 0.3 is 0 Å². The summed E-state index contributed by atoms with van der Waals surface area (Å²) in [5, 5.41) is 0. The van der Waals surface area contributed by atoms with E-state index in [2.05, 4.69) is 29.8 Å². The number of rotatable bonds is 8. The molecule has 0 aromatic heterocycles. The van der Waals surface area contributed by atoms with Gasteiger partial charge in [-0.15, -0.1) is 0 Å². The molecule has 0 aliphatic rings. The number of anilines is 1. The molecule has 0 atom stereocenters. The van der Waals surface area contributed by atoms with E-state index in [9.17, 15) is 9.59 Å². The van der Waals surface area contributed by atoms with Crippen LogP contribution in [0.15, 0.2) is 28.7 Å². The Morgan fingerprint density at radius 1 is 1.00 bits per heavy atom. The topological polar surface area (TPSA) is 40.6 Å². The van der Waals surface area contributed by atoms with Crippen LogP contribution in [-0.2, 0) is 9.59 Å². The molecular weight excluding hydrogens is 344 g/mol. The minimum atomic E-state index is -0.0485. The maximum Gasteiger partial charge on any atom is 0.224 e. The highest BCUT2D eigenvalue weighted by Crippen LogP contribution is 2.19. The molecule has 0 aliphatic carbocycles. The Balaban J connectivity index is 2.69. The first-order valence-electron chi connectivity index (χ1n) is 7.81. The molecule has 122 valence electrons. The van der Waals surface area contributed by atoms with Crippen LogP contribution in [-0.4, -0.2) is 36.3 Å². The van der Waals surface area contributed by atoms with Gasteiger partial charge in [-0.2, -0.15) is 0 Å². The first-order valence-corrected chi connectivity index (χ1v) is 8.60. The minimum absolute atomic E-state index is 0.0485. The normalized spacial score (nSPS) is 10.4. The van der Waals surface area contributed by atoms with Gasteiger partial charge < -0.3 is 9.80 Å². The van der Waals surface area contributed by atoms with Crippen LogP contribution in [0.3, 0.4) is 0 Å². The van der Waals surface area contributed by atoms with Crippen molar-refractivity contribution in [3.63, 3.8) is 0 Å². The summed E-state index contributed by atoms with van der Waals surface area (Å²) in [5.74, 6) is 0.0692. The van der Waals surface area contributed by atoms with Gasteiger partial charge in [0.05, 0.1) is 0 Å². The third-order valence-electron chi connectivity index (χ3n) is 3.41. The number of nitrogens with zero attached hydrogens (tertiary/aromatic N) is 2. The molecule has 0 N–H and O–H groups in total. The summed E-state index contributed by atoms with van der Waals surface area (Å²) >= 11 is 3.38. The molecule has 4 nitrogen and oxygen atoms in total. The van der Waals surface area contributed by atoms with Crippen LogP contribution >= 0.6 is 15.9 Å². The van der Waals surface area contributed by atoms with E-state index < -0.39 is 0 Å². The molecule has 0 radical (unpaired) electrons. The zero-order chi connectivity index (χ0) is 16.5. The lowest BCUT2D eigenvalue weighted by molar-refractivity contribution is -0.131. The average molecular weight is 369 g/mol. The van der Waals surface area contributed by atoms with Gasteiger partial charge in [-0.25, -0.2) is 0 Å². The molecule has 1 aromatic carbocycles. The second kappa shape index (κ2) is 9.62. The first-order chi connectivity index (χ1) is 10.5. The van der Waals surface area contributed by atoms with Crippen LogP contribution in [0, 0.1) is 0 Å². The summed E-state index contributed by atoms with van der Waals surface area (Å²) in [4.78, 5) is 27.7. The number of halogens is 1.